The first-order valence-corrected chi connectivity index (χ1v) is 11.1. The highest BCUT2D eigenvalue weighted by Gasteiger charge is 2.37. The van der Waals surface area contributed by atoms with Crippen LogP contribution in [-0.4, -0.2) is 75.5 Å². The van der Waals surface area contributed by atoms with Gasteiger partial charge in [-0.1, -0.05) is 18.2 Å². The van der Waals surface area contributed by atoms with Crippen LogP contribution in [0.3, 0.4) is 0 Å². The topological polar surface area (TPSA) is 90.7 Å². The predicted octanol–water partition coefficient (Wildman–Crippen LogP) is 2.54. The molecule has 36 heavy (non-hydrogen) atoms. The molecular formula is C24H23F4N5O3. The van der Waals surface area contributed by atoms with Gasteiger partial charge in [-0.05, 0) is 30.3 Å². The quantitative estimate of drug-likeness (QED) is 0.503. The molecule has 0 aliphatic carbocycles. The number of aliphatic hydroxyl groups excluding tert-OH is 1. The van der Waals surface area contributed by atoms with Gasteiger partial charge in [0.1, 0.15) is 12.0 Å². The van der Waals surface area contributed by atoms with Gasteiger partial charge in [-0.2, -0.15) is 18.3 Å². The number of halogens is 4. The molecule has 4 rings (SSSR count). The zero-order valence-corrected chi connectivity index (χ0v) is 19.0. The summed E-state index contributed by atoms with van der Waals surface area (Å²) >= 11 is 0. The van der Waals surface area contributed by atoms with Crippen LogP contribution >= 0.6 is 0 Å². The van der Waals surface area contributed by atoms with Crippen LogP contribution < -0.4 is 5.32 Å². The number of hydrogen-bond donors (Lipinski definition) is 2. The SMILES string of the molecule is O=C(NCC(O)N1CCN(C(=O)c2cc(F)ccc2C(F)(F)F)CC1)c1cnn(-c2ccccc2)c1. The van der Waals surface area contributed by atoms with Gasteiger partial charge in [-0.25, -0.2) is 9.07 Å². The summed E-state index contributed by atoms with van der Waals surface area (Å²) in [5.41, 5.74) is -0.865. The average Bonchev–Trinajstić information content (AvgIpc) is 3.37. The van der Waals surface area contributed by atoms with Gasteiger partial charge in [0.25, 0.3) is 11.8 Å². The van der Waals surface area contributed by atoms with Gasteiger partial charge in [0.15, 0.2) is 0 Å². The number of carbonyl (C=O) groups excluding carboxylic acids is 2. The molecule has 1 aliphatic rings. The maximum Gasteiger partial charge on any atom is 0.417 e. The average molecular weight is 505 g/mol. The van der Waals surface area contributed by atoms with Crippen LogP contribution in [0.2, 0.25) is 0 Å². The van der Waals surface area contributed by atoms with Crippen LogP contribution in [0.1, 0.15) is 26.3 Å². The van der Waals surface area contributed by atoms with Gasteiger partial charge in [0.2, 0.25) is 0 Å². The lowest BCUT2D eigenvalue weighted by atomic mass is 10.0. The number of hydrogen-bond acceptors (Lipinski definition) is 5. The number of piperazine rings is 1. The first-order chi connectivity index (χ1) is 17.1. The Morgan fingerprint density at radius 3 is 2.42 bits per heavy atom. The van der Waals surface area contributed by atoms with Gasteiger partial charge < -0.3 is 15.3 Å². The lowest BCUT2D eigenvalue weighted by Gasteiger charge is -2.37. The maximum atomic E-state index is 13.6. The smallest absolute Gasteiger partial charge is 0.377 e. The minimum Gasteiger partial charge on any atom is -0.377 e. The number of benzene rings is 2. The minimum atomic E-state index is -4.80. The minimum absolute atomic E-state index is 0.0293. The fraction of sp³-hybridized carbons (Fsp3) is 0.292. The van der Waals surface area contributed by atoms with E-state index in [1.54, 1.807) is 15.8 Å². The number of rotatable bonds is 6. The highest BCUT2D eigenvalue weighted by atomic mass is 19.4. The van der Waals surface area contributed by atoms with Crippen LogP contribution in [0.4, 0.5) is 17.6 Å². The first-order valence-electron chi connectivity index (χ1n) is 11.1. The molecule has 1 aromatic heterocycles. The van der Waals surface area contributed by atoms with Gasteiger partial charge in [-0.15, -0.1) is 0 Å². The zero-order valence-electron chi connectivity index (χ0n) is 19.0. The summed E-state index contributed by atoms with van der Waals surface area (Å²) in [6.07, 6.45) is -2.91. The lowest BCUT2D eigenvalue weighted by molar-refractivity contribution is -0.138. The number of aromatic nitrogens is 2. The Kier molecular flexibility index (Phi) is 7.36. The maximum absolute atomic E-state index is 13.6. The number of carbonyl (C=O) groups is 2. The van der Waals surface area contributed by atoms with Crippen molar-refractivity contribution in [1.82, 2.24) is 24.9 Å². The van der Waals surface area contributed by atoms with E-state index >= 15 is 0 Å². The molecule has 2 amide bonds. The third-order valence-electron chi connectivity index (χ3n) is 5.85. The monoisotopic (exact) mass is 505 g/mol. The molecule has 2 N–H and O–H groups in total. The van der Waals surface area contributed by atoms with Gasteiger partial charge in [-0.3, -0.25) is 14.5 Å². The van der Waals surface area contributed by atoms with E-state index in [-0.39, 0.29) is 32.7 Å². The van der Waals surface area contributed by atoms with Crippen molar-refractivity contribution in [3.63, 3.8) is 0 Å². The molecule has 2 heterocycles. The van der Waals surface area contributed by atoms with Crippen molar-refractivity contribution in [2.45, 2.75) is 12.4 Å². The van der Waals surface area contributed by atoms with Crippen LogP contribution in [0, 0.1) is 5.82 Å². The number of alkyl halides is 3. The zero-order chi connectivity index (χ0) is 25.9. The highest BCUT2D eigenvalue weighted by Crippen LogP contribution is 2.33. The summed E-state index contributed by atoms with van der Waals surface area (Å²) in [6, 6.07) is 11.0. The lowest BCUT2D eigenvalue weighted by Crippen LogP contribution is -2.54. The van der Waals surface area contributed by atoms with Crippen molar-refractivity contribution < 1.29 is 32.3 Å². The molecule has 2 aromatic carbocycles. The van der Waals surface area contributed by atoms with Crippen molar-refractivity contribution in [1.29, 1.82) is 0 Å². The van der Waals surface area contributed by atoms with Crippen molar-refractivity contribution in [2.75, 3.05) is 32.7 Å². The molecule has 1 saturated heterocycles. The second-order valence-corrected chi connectivity index (χ2v) is 8.22. The number of para-hydroxylation sites is 1. The summed E-state index contributed by atoms with van der Waals surface area (Å²) in [4.78, 5) is 27.9. The number of amides is 2. The van der Waals surface area contributed by atoms with Crippen LogP contribution in [-0.2, 0) is 6.18 Å². The summed E-state index contributed by atoms with van der Waals surface area (Å²) < 4.78 is 54.9. The molecule has 8 nitrogen and oxygen atoms in total. The second kappa shape index (κ2) is 10.5. The largest absolute Gasteiger partial charge is 0.417 e. The predicted molar refractivity (Wildman–Crippen MR) is 121 cm³/mol. The van der Waals surface area contributed by atoms with E-state index < -0.39 is 41.2 Å². The molecule has 12 heteroatoms. The molecule has 0 radical (unpaired) electrons. The fourth-order valence-electron chi connectivity index (χ4n) is 3.91. The second-order valence-electron chi connectivity index (χ2n) is 8.22. The summed E-state index contributed by atoms with van der Waals surface area (Å²) in [5.74, 6) is -2.30. The molecule has 1 unspecified atom stereocenters. The van der Waals surface area contributed by atoms with E-state index in [0.717, 1.165) is 5.69 Å². The van der Waals surface area contributed by atoms with Crippen LogP contribution in [0.5, 0.6) is 0 Å². The Labute approximate surface area is 203 Å². The molecular weight excluding hydrogens is 482 g/mol. The molecule has 3 aromatic rings. The number of aliphatic hydroxyl groups is 1. The van der Waals surface area contributed by atoms with Gasteiger partial charge >= 0.3 is 6.18 Å². The third kappa shape index (κ3) is 5.71. The van der Waals surface area contributed by atoms with E-state index in [2.05, 4.69) is 10.4 Å². The summed E-state index contributed by atoms with van der Waals surface area (Å²) in [6.45, 7) is 0.269. The van der Waals surface area contributed by atoms with Crippen LogP contribution in [0.15, 0.2) is 60.9 Å². The standard InChI is InChI=1S/C24H23F4N5O3/c25-17-6-7-20(24(26,27)28)19(12-17)23(36)32-10-8-31(9-11-32)21(34)14-29-22(35)16-13-30-33(15-16)18-4-2-1-3-5-18/h1-7,12-13,15,21,34H,8-11,14H2,(H,29,35). The number of nitrogens with zero attached hydrogens (tertiary/aromatic N) is 4. The first kappa shape index (κ1) is 25.3. The molecule has 0 spiro atoms. The Bertz CT molecular complexity index is 1220. The van der Waals surface area contributed by atoms with E-state index in [4.69, 9.17) is 0 Å². The van der Waals surface area contributed by atoms with Gasteiger partial charge in [0, 0.05) is 32.4 Å². The normalized spacial score (nSPS) is 15.5. The highest BCUT2D eigenvalue weighted by molar-refractivity contribution is 5.96. The Morgan fingerprint density at radius 1 is 1.06 bits per heavy atom. The Hall–Kier alpha value is -3.77. The van der Waals surface area contributed by atoms with Crippen molar-refractivity contribution in [2.24, 2.45) is 0 Å². The van der Waals surface area contributed by atoms with Crippen molar-refractivity contribution >= 4 is 11.8 Å². The summed E-state index contributed by atoms with van der Waals surface area (Å²) in [5, 5.41) is 17.2. The molecule has 190 valence electrons. The molecule has 1 aliphatic heterocycles. The Morgan fingerprint density at radius 2 is 1.75 bits per heavy atom. The van der Waals surface area contributed by atoms with Crippen molar-refractivity contribution in [3.05, 3.63) is 83.4 Å². The van der Waals surface area contributed by atoms with Crippen molar-refractivity contribution in [3.8, 4) is 5.69 Å². The molecule has 1 atom stereocenters. The molecule has 0 bridgehead atoms. The van der Waals surface area contributed by atoms with Crippen LogP contribution in [0.25, 0.3) is 5.69 Å². The number of nitrogens with one attached hydrogen (secondary N) is 1. The van der Waals surface area contributed by atoms with E-state index in [1.807, 2.05) is 30.3 Å². The third-order valence-corrected chi connectivity index (χ3v) is 5.85. The van der Waals surface area contributed by atoms with E-state index in [1.165, 1.54) is 11.1 Å². The fourth-order valence-corrected chi connectivity index (χ4v) is 3.91. The molecule has 0 saturated carbocycles. The molecule has 1 fully saturated rings. The van der Waals surface area contributed by atoms with E-state index in [0.29, 0.717) is 23.8 Å². The summed E-state index contributed by atoms with van der Waals surface area (Å²) in [7, 11) is 0. The Balaban J connectivity index is 1.30. The van der Waals surface area contributed by atoms with E-state index in [9.17, 15) is 32.3 Å². The van der Waals surface area contributed by atoms with Gasteiger partial charge in [0.05, 0.1) is 35.1 Å².